The lowest BCUT2D eigenvalue weighted by molar-refractivity contribution is 0.339. The Morgan fingerprint density at radius 3 is 1.67 bits per heavy atom. The Morgan fingerprint density at radius 2 is 1.33 bits per heavy atom. The maximum Gasteiger partial charge on any atom is 0.143 e. The van der Waals surface area contributed by atoms with Crippen molar-refractivity contribution in [3.05, 3.63) is 14.7 Å². The summed E-state index contributed by atoms with van der Waals surface area (Å²) in [6.45, 7) is 0. The Balaban J connectivity index is 2.70. The molecule has 0 amide bonds. The highest BCUT2D eigenvalue weighted by Crippen LogP contribution is 2.26. The van der Waals surface area contributed by atoms with Crippen LogP contribution in [-0.4, -0.2) is 18.1 Å². The molecule has 0 saturated heterocycles. The van der Waals surface area contributed by atoms with Gasteiger partial charge in [-0.2, -0.15) is 14.7 Å². The molecule has 0 N–H and O–H groups in total. The van der Waals surface area contributed by atoms with Gasteiger partial charge in [0, 0.05) is 0 Å². The molecule has 0 aromatic heterocycles. The normalized spacial score (nSPS) is 35.5. The van der Waals surface area contributed by atoms with Crippen LogP contribution in [-0.2, 0) is 0 Å². The Labute approximate surface area is 68.6 Å². The third-order valence-electron chi connectivity index (χ3n) is 2.18. The summed E-state index contributed by atoms with van der Waals surface area (Å²) in [4.78, 5) is 30.6. The SMILES string of the molecule is O=NC1CCCC(N=O)C1N=O. The van der Waals surface area contributed by atoms with Crippen LogP contribution in [0.3, 0.4) is 0 Å². The number of nitrogens with zero attached hydrogens (tertiary/aromatic N) is 3. The molecule has 0 aliphatic heterocycles. The van der Waals surface area contributed by atoms with Gasteiger partial charge in [0.1, 0.15) is 18.1 Å². The first kappa shape index (κ1) is 8.89. The highest BCUT2D eigenvalue weighted by molar-refractivity contribution is 4.95. The van der Waals surface area contributed by atoms with Crippen LogP contribution >= 0.6 is 0 Å². The number of hydrogen-bond donors (Lipinski definition) is 0. The van der Waals surface area contributed by atoms with E-state index in [9.17, 15) is 14.7 Å². The number of nitroso groups, excluding NO2 is 3. The van der Waals surface area contributed by atoms with E-state index in [-0.39, 0.29) is 0 Å². The van der Waals surface area contributed by atoms with Crippen molar-refractivity contribution in [2.75, 3.05) is 0 Å². The van der Waals surface area contributed by atoms with E-state index in [0.29, 0.717) is 19.3 Å². The molecule has 0 aromatic carbocycles. The molecule has 6 heteroatoms. The molecular formula is C6H9N3O3. The van der Waals surface area contributed by atoms with Crippen LogP contribution < -0.4 is 0 Å². The van der Waals surface area contributed by atoms with Crippen molar-refractivity contribution in [3.63, 3.8) is 0 Å². The molecule has 2 atom stereocenters. The third-order valence-corrected chi connectivity index (χ3v) is 2.18. The van der Waals surface area contributed by atoms with Gasteiger partial charge in [0.15, 0.2) is 0 Å². The van der Waals surface area contributed by atoms with Gasteiger partial charge in [-0.05, 0) is 19.3 Å². The fraction of sp³-hybridized carbons (Fsp3) is 1.00. The molecule has 6 nitrogen and oxygen atoms in total. The summed E-state index contributed by atoms with van der Waals surface area (Å²) in [5.41, 5.74) is 0. The summed E-state index contributed by atoms with van der Waals surface area (Å²) in [5, 5.41) is 8.23. The van der Waals surface area contributed by atoms with Crippen LogP contribution in [0, 0.1) is 14.7 Å². The van der Waals surface area contributed by atoms with Gasteiger partial charge in [-0.1, -0.05) is 15.5 Å². The summed E-state index contributed by atoms with van der Waals surface area (Å²) in [5.74, 6) is 0. The third kappa shape index (κ3) is 1.51. The predicted octanol–water partition coefficient (Wildman–Crippen LogP) is 1.58. The molecule has 66 valence electrons. The lowest BCUT2D eigenvalue weighted by atomic mass is 9.88. The highest BCUT2D eigenvalue weighted by Gasteiger charge is 2.36. The minimum absolute atomic E-state index is 0.534. The molecule has 1 saturated carbocycles. The first-order valence-corrected chi connectivity index (χ1v) is 3.81. The molecular weight excluding hydrogens is 162 g/mol. The lowest BCUT2D eigenvalue weighted by Gasteiger charge is -2.24. The summed E-state index contributed by atoms with van der Waals surface area (Å²) < 4.78 is 0. The first-order valence-electron chi connectivity index (χ1n) is 3.81. The van der Waals surface area contributed by atoms with Crippen molar-refractivity contribution in [1.82, 2.24) is 0 Å². The van der Waals surface area contributed by atoms with Crippen molar-refractivity contribution in [2.45, 2.75) is 37.4 Å². The van der Waals surface area contributed by atoms with E-state index in [1.54, 1.807) is 0 Å². The van der Waals surface area contributed by atoms with Crippen LogP contribution in [0.15, 0.2) is 15.5 Å². The lowest BCUT2D eigenvalue weighted by Crippen LogP contribution is -2.37. The van der Waals surface area contributed by atoms with E-state index in [1.165, 1.54) is 0 Å². The maximum atomic E-state index is 10.3. The van der Waals surface area contributed by atoms with Crippen LogP contribution in [0.25, 0.3) is 0 Å². The second-order valence-corrected chi connectivity index (χ2v) is 2.87. The van der Waals surface area contributed by atoms with Gasteiger partial charge in [0.2, 0.25) is 0 Å². The largest absolute Gasteiger partial charge is 0.150 e. The second-order valence-electron chi connectivity index (χ2n) is 2.87. The second kappa shape index (κ2) is 3.99. The molecule has 1 aliphatic carbocycles. The van der Waals surface area contributed by atoms with Crippen molar-refractivity contribution in [2.24, 2.45) is 15.5 Å². The number of rotatable bonds is 3. The molecule has 1 fully saturated rings. The van der Waals surface area contributed by atoms with E-state index < -0.39 is 18.1 Å². The molecule has 0 bridgehead atoms. The molecule has 0 heterocycles. The standard InChI is InChI=1S/C6H9N3O3/c10-7-4-2-1-3-5(8-11)6(4)9-12/h4-6H,1-3H2. The van der Waals surface area contributed by atoms with E-state index in [0.717, 1.165) is 0 Å². The van der Waals surface area contributed by atoms with Gasteiger partial charge in [-0.25, -0.2) is 0 Å². The van der Waals surface area contributed by atoms with Crippen LogP contribution in [0.5, 0.6) is 0 Å². The average Bonchev–Trinajstić information content (AvgIpc) is 2.16. The van der Waals surface area contributed by atoms with Gasteiger partial charge >= 0.3 is 0 Å². The molecule has 0 spiro atoms. The van der Waals surface area contributed by atoms with Gasteiger partial charge in [0.05, 0.1) is 0 Å². The number of hydrogen-bond acceptors (Lipinski definition) is 6. The minimum Gasteiger partial charge on any atom is -0.150 e. The summed E-state index contributed by atoms with van der Waals surface area (Å²) in [7, 11) is 0. The smallest absolute Gasteiger partial charge is 0.143 e. The summed E-state index contributed by atoms with van der Waals surface area (Å²) >= 11 is 0. The van der Waals surface area contributed by atoms with Crippen LogP contribution in [0.4, 0.5) is 0 Å². The Kier molecular flexibility index (Phi) is 2.95. The van der Waals surface area contributed by atoms with E-state index >= 15 is 0 Å². The zero-order valence-corrected chi connectivity index (χ0v) is 6.42. The fourth-order valence-corrected chi connectivity index (χ4v) is 1.50. The molecule has 0 aromatic rings. The van der Waals surface area contributed by atoms with Gasteiger partial charge < -0.3 is 0 Å². The Hall–Kier alpha value is -1.20. The molecule has 0 radical (unpaired) electrons. The maximum absolute atomic E-state index is 10.3. The minimum atomic E-state index is -0.839. The molecule has 12 heavy (non-hydrogen) atoms. The van der Waals surface area contributed by atoms with E-state index in [4.69, 9.17) is 0 Å². The van der Waals surface area contributed by atoms with E-state index in [2.05, 4.69) is 15.5 Å². The van der Waals surface area contributed by atoms with Crippen molar-refractivity contribution >= 4 is 0 Å². The van der Waals surface area contributed by atoms with E-state index in [1.807, 2.05) is 0 Å². The monoisotopic (exact) mass is 171 g/mol. The molecule has 1 rings (SSSR count). The van der Waals surface area contributed by atoms with Crippen molar-refractivity contribution < 1.29 is 0 Å². The Morgan fingerprint density at radius 1 is 0.833 bits per heavy atom. The topological polar surface area (TPSA) is 88.3 Å². The average molecular weight is 171 g/mol. The molecule has 1 aliphatic rings. The van der Waals surface area contributed by atoms with Crippen LogP contribution in [0.1, 0.15) is 19.3 Å². The van der Waals surface area contributed by atoms with Gasteiger partial charge in [0.25, 0.3) is 0 Å². The fourth-order valence-electron chi connectivity index (χ4n) is 1.50. The first-order chi connectivity index (χ1) is 5.83. The molecule has 2 unspecified atom stereocenters. The quantitative estimate of drug-likeness (QED) is 0.603. The van der Waals surface area contributed by atoms with Gasteiger partial charge in [-0.15, -0.1) is 0 Å². The summed E-state index contributed by atoms with van der Waals surface area (Å²) in [6, 6.07) is -2.15. The van der Waals surface area contributed by atoms with Crippen LogP contribution in [0.2, 0.25) is 0 Å². The highest BCUT2D eigenvalue weighted by atomic mass is 16.3. The Bertz CT molecular complexity index is 180. The summed E-state index contributed by atoms with van der Waals surface area (Å²) in [6.07, 6.45) is 1.77. The van der Waals surface area contributed by atoms with Crippen molar-refractivity contribution in [3.8, 4) is 0 Å². The zero-order valence-electron chi connectivity index (χ0n) is 6.42. The van der Waals surface area contributed by atoms with Gasteiger partial charge in [-0.3, -0.25) is 0 Å². The zero-order chi connectivity index (χ0) is 8.97. The van der Waals surface area contributed by atoms with Crippen molar-refractivity contribution in [1.29, 1.82) is 0 Å². The predicted molar refractivity (Wildman–Crippen MR) is 42.6 cm³/mol.